The van der Waals surface area contributed by atoms with Crippen LogP contribution in [0, 0.1) is 5.92 Å². The van der Waals surface area contributed by atoms with Crippen LogP contribution >= 0.6 is 12.4 Å². The van der Waals surface area contributed by atoms with Gasteiger partial charge in [-0.05, 0) is 26.2 Å². The van der Waals surface area contributed by atoms with Gasteiger partial charge in [-0.25, -0.2) is 0 Å². The van der Waals surface area contributed by atoms with Crippen LogP contribution in [0.3, 0.4) is 0 Å². The van der Waals surface area contributed by atoms with Gasteiger partial charge >= 0.3 is 0 Å². The van der Waals surface area contributed by atoms with Gasteiger partial charge in [-0.3, -0.25) is 9.59 Å². The van der Waals surface area contributed by atoms with E-state index >= 15 is 0 Å². The third-order valence-electron chi connectivity index (χ3n) is 3.60. The summed E-state index contributed by atoms with van der Waals surface area (Å²) in [4.78, 5) is 25.3. The van der Waals surface area contributed by atoms with Crippen molar-refractivity contribution in [3.8, 4) is 0 Å². The van der Waals surface area contributed by atoms with Crippen LogP contribution in [0.15, 0.2) is 0 Å². The Morgan fingerprint density at radius 2 is 2.18 bits per heavy atom. The quantitative estimate of drug-likeness (QED) is 0.691. The highest BCUT2D eigenvalue weighted by Crippen LogP contribution is 2.26. The molecule has 3 atom stereocenters. The molecular weight excluding hydrogens is 242 g/mol. The lowest BCUT2D eigenvalue weighted by Crippen LogP contribution is -2.57. The van der Waals surface area contributed by atoms with Crippen LogP contribution in [0.5, 0.6) is 0 Å². The standard InChI is InChI=1S/C11H19N3O2.ClH/c1-7-10(15)13-4-5-14(7)11(16)8-2-3-9(12)6-8;/h7-9H,2-6,12H2,1H3,(H,13,15);1H. The van der Waals surface area contributed by atoms with Crippen molar-refractivity contribution < 1.29 is 9.59 Å². The Morgan fingerprint density at radius 3 is 2.76 bits per heavy atom. The van der Waals surface area contributed by atoms with E-state index < -0.39 is 0 Å². The van der Waals surface area contributed by atoms with Gasteiger partial charge in [0.2, 0.25) is 11.8 Å². The fraction of sp³-hybridized carbons (Fsp3) is 0.818. The van der Waals surface area contributed by atoms with Crippen LogP contribution in [0.2, 0.25) is 0 Å². The van der Waals surface area contributed by atoms with Gasteiger partial charge in [0.25, 0.3) is 0 Å². The second kappa shape index (κ2) is 5.69. The predicted molar refractivity (Wildman–Crippen MR) is 66.7 cm³/mol. The van der Waals surface area contributed by atoms with Crippen molar-refractivity contribution >= 4 is 24.2 Å². The molecule has 3 unspecified atom stereocenters. The summed E-state index contributed by atoms with van der Waals surface area (Å²) < 4.78 is 0. The highest BCUT2D eigenvalue weighted by molar-refractivity contribution is 5.89. The molecule has 1 heterocycles. The number of hydrogen-bond donors (Lipinski definition) is 2. The first-order valence-corrected chi connectivity index (χ1v) is 5.93. The van der Waals surface area contributed by atoms with Crippen molar-refractivity contribution in [1.29, 1.82) is 0 Å². The van der Waals surface area contributed by atoms with Crippen molar-refractivity contribution in [2.75, 3.05) is 13.1 Å². The van der Waals surface area contributed by atoms with E-state index in [1.54, 1.807) is 11.8 Å². The molecule has 2 fully saturated rings. The molecule has 2 amide bonds. The van der Waals surface area contributed by atoms with Gasteiger partial charge in [0.1, 0.15) is 6.04 Å². The summed E-state index contributed by atoms with van der Waals surface area (Å²) in [6.07, 6.45) is 2.55. The van der Waals surface area contributed by atoms with Crippen LogP contribution in [0.25, 0.3) is 0 Å². The van der Waals surface area contributed by atoms with Crippen LogP contribution in [-0.2, 0) is 9.59 Å². The molecule has 98 valence electrons. The number of hydrogen-bond acceptors (Lipinski definition) is 3. The van der Waals surface area contributed by atoms with E-state index in [0.29, 0.717) is 13.1 Å². The van der Waals surface area contributed by atoms with E-state index in [0.717, 1.165) is 19.3 Å². The van der Waals surface area contributed by atoms with Crippen LogP contribution in [0.4, 0.5) is 0 Å². The fourth-order valence-electron chi connectivity index (χ4n) is 2.56. The number of piperazine rings is 1. The monoisotopic (exact) mass is 261 g/mol. The van der Waals surface area contributed by atoms with E-state index in [2.05, 4.69) is 5.32 Å². The second-order valence-electron chi connectivity index (χ2n) is 4.77. The number of carbonyl (C=O) groups excluding carboxylic acids is 2. The van der Waals surface area contributed by atoms with Gasteiger partial charge in [-0.2, -0.15) is 0 Å². The molecule has 5 nitrogen and oxygen atoms in total. The maximum absolute atomic E-state index is 12.2. The molecule has 0 spiro atoms. The molecule has 17 heavy (non-hydrogen) atoms. The topological polar surface area (TPSA) is 75.4 Å². The fourth-order valence-corrected chi connectivity index (χ4v) is 2.56. The third-order valence-corrected chi connectivity index (χ3v) is 3.60. The minimum atomic E-state index is -0.335. The third kappa shape index (κ3) is 2.90. The smallest absolute Gasteiger partial charge is 0.242 e. The Hall–Kier alpha value is -0.810. The molecule has 0 aromatic carbocycles. The highest BCUT2D eigenvalue weighted by atomic mass is 35.5. The molecule has 3 N–H and O–H groups in total. The molecule has 0 radical (unpaired) electrons. The minimum Gasteiger partial charge on any atom is -0.353 e. The maximum Gasteiger partial charge on any atom is 0.242 e. The second-order valence-corrected chi connectivity index (χ2v) is 4.77. The van der Waals surface area contributed by atoms with E-state index in [4.69, 9.17) is 5.73 Å². The van der Waals surface area contributed by atoms with E-state index in [1.165, 1.54) is 0 Å². The minimum absolute atomic E-state index is 0. The molecule has 1 saturated heterocycles. The number of nitrogens with zero attached hydrogens (tertiary/aromatic N) is 1. The van der Waals surface area contributed by atoms with E-state index in [-0.39, 0.29) is 42.2 Å². The largest absolute Gasteiger partial charge is 0.353 e. The summed E-state index contributed by atoms with van der Waals surface area (Å²) in [7, 11) is 0. The average molecular weight is 262 g/mol. The average Bonchev–Trinajstić information content (AvgIpc) is 2.68. The number of nitrogens with two attached hydrogens (primary N) is 1. The van der Waals surface area contributed by atoms with Crippen LogP contribution in [-0.4, -0.2) is 41.9 Å². The SMILES string of the molecule is CC1C(=O)NCCN1C(=O)C1CCC(N)C1.Cl. The Labute approximate surface area is 108 Å². The molecule has 0 aromatic heterocycles. The highest BCUT2D eigenvalue weighted by Gasteiger charge is 2.36. The van der Waals surface area contributed by atoms with Gasteiger partial charge in [0.15, 0.2) is 0 Å². The number of carbonyl (C=O) groups is 2. The van der Waals surface area contributed by atoms with Crippen LogP contribution in [0.1, 0.15) is 26.2 Å². The van der Waals surface area contributed by atoms with E-state index in [9.17, 15) is 9.59 Å². The van der Waals surface area contributed by atoms with Gasteiger partial charge in [-0.15, -0.1) is 12.4 Å². The Kier molecular flexibility index (Phi) is 4.77. The zero-order valence-corrected chi connectivity index (χ0v) is 10.8. The molecule has 1 aliphatic heterocycles. The van der Waals surface area contributed by atoms with Crippen molar-refractivity contribution in [1.82, 2.24) is 10.2 Å². The molecule has 0 aromatic rings. The zero-order valence-electron chi connectivity index (χ0n) is 10.0. The molecule has 1 aliphatic carbocycles. The summed E-state index contributed by atoms with van der Waals surface area (Å²) >= 11 is 0. The van der Waals surface area contributed by atoms with Gasteiger partial charge in [0.05, 0.1) is 0 Å². The normalized spacial score (nSPS) is 32.9. The maximum atomic E-state index is 12.2. The van der Waals surface area contributed by atoms with Crippen molar-refractivity contribution in [2.45, 2.75) is 38.3 Å². The van der Waals surface area contributed by atoms with E-state index in [1.807, 2.05) is 0 Å². The summed E-state index contributed by atoms with van der Waals surface area (Å²) in [5.41, 5.74) is 5.80. The number of rotatable bonds is 1. The molecule has 1 saturated carbocycles. The zero-order chi connectivity index (χ0) is 11.7. The lowest BCUT2D eigenvalue weighted by atomic mass is 10.0. The number of amides is 2. The van der Waals surface area contributed by atoms with Gasteiger partial charge in [-0.1, -0.05) is 0 Å². The molecule has 2 aliphatic rings. The number of halogens is 1. The van der Waals surface area contributed by atoms with Gasteiger partial charge < -0.3 is 16.0 Å². The van der Waals surface area contributed by atoms with Gasteiger partial charge in [0, 0.05) is 25.0 Å². The lowest BCUT2D eigenvalue weighted by molar-refractivity contribution is -0.145. The van der Waals surface area contributed by atoms with Crippen molar-refractivity contribution in [3.63, 3.8) is 0 Å². The lowest BCUT2D eigenvalue weighted by Gasteiger charge is -2.34. The Bertz CT molecular complexity index is 311. The number of nitrogens with one attached hydrogen (secondary N) is 1. The first kappa shape index (κ1) is 14.3. The first-order chi connectivity index (χ1) is 7.59. The Balaban J connectivity index is 0.00000144. The molecule has 6 heteroatoms. The summed E-state index contributed by atoms with van der Waals surface area (Å²) in [6, 6.07) is -0.180. The summed E-state index contributed by atoms with van der Waals surface area (Å²) in [6.45, 7) is 2.96. The first-order valence-electron chi connectivity index (χ1n) is 5.93. The molecule has 2 rings (SSSR count). The van der Waals surface area contributed by atoms with Crippen molar-refractivity contribution in [3.05, 3.63) is 0 Å². The van der Waals surface area contributed by atoms with Crippen LogP contribution < -0.4 is 11.1 Å². The predicted octanol–water partition coefficient (Wildman–Crippen LogP) is -0.117. The summed E-state index contributed by atoms with van der Waals surface area (Å²) in [5, 5.41) is 2.76. The molecular formula is C11H20ClN3O2. The Morgan fingerprint density at radius 1 is 1.47 bits per heavy atom. The summed E-state index contributed by atoms with van der Waals surface area (Å²) in [5.74, 6) is 0.0838. The van der Waals surface area contributed by atoms with Crippen molar-refractivity contribution in [2.24, 2.45) is 11.7 Å². The molecule has 0 bridgehead atoms.